The topological polar surface area (TPSA) is 66.4 Å². The lowest BCUT2D eigenvalue weighted by Crippen LogP contribution is -2.33. The minimum absolute atomic E-state index is 0.141. The average Bonchev–Trinajstić information content (AvgIpc) is 3.45. The molecule has 0 bridgehead atoms. The van der Waals surface area contributed by atoms with Gasteiger partial charge < -0.3 is 4.90 Å². The highest BCUT2D eigenvalue weighted by atomic mass is 16.2. The van der Waals surface area contributed by atoms with Gasteiger partial charge in [-0.25, -0.2) is 9.97 Å². The molecule has 2 amide bonds. The number of nitrogens with zero attached hydrogens (tertiary/aromatic N) is 4. The first-order chi connectivity index (χ1) is 16.1. The first-order valence-electron chi connectivity index (χ1n) is 12.6. The van der Waals surface area contributed by atoms with Crippen LogP contribution in [-0.4, -0.2) is 46.3 Å². The highest BCUT2D eigenvalue weighted by molar-refractivity contribution is 6.00. The van der Waals surface area contributed by atoms with Crippen molar-refractivity contribution in [3.05, 3.63) is 53.0 Å². The molecule has 1 aromatic carbocycles. The molecule has 0 N–H and O–H groups in total. The Balaban J connectivity index is 1.26. The smallest absolute Gasteiger partial charge is 0.232 e. The first-order valence-corrected chi connectivity index (χ1v) is 12.6. The SMILES string of the molecule is Cc1nc([C@@H]2CCN(C(=O)CCc3ccccc3)C2)nc2c1CC(=O)N2CC1CCCCC1. The average molecular weight is 447 g/mol. The molecule has 33 heavy (non-hydrogen) atoms. The summed E-state index contributed by atoms with van der Waals surface area (Å²) in [5.41, 5.74) is 3.11. The fraction of sp³-hybridized carbons (Fsp3) is 0.556. The van der Waals surface area contributed by atoms with Crippen molar-refractivity contribution in [2.75, 3.05) is 24.5 Å². The molecular weight excluding hydrogens is 412 g/mol. The summed E-state index contributed by atoms with van der Waals surface area (Å²) in [4.78, 5) is 39.3. The molecule has 2 fully saturated rings. The predicted molar refractivity (Wildman–Crippen MR) is 128 cm³/mol. The molecule has 3 heterocycles. The van der Waals surface area contributed by atoms with Crippen molar-refractivity contribution in [2.24, 2.45) is 5.92 Å². The van der Waals surface area contributed by atoms with Gasteiger partial charge in [0, 0.05) is 43.2 Å². The lowest BCUT2D eigenvalue weighted by atomic mass is 9.89. The van der Waals surface area contributed by atoms with Crippen LogP contribution in [0.25, 0.3) is 0 Å². The number of fused-ring (bicyclic) bond motifs is 1. The number of hydrogen-bond acceptors (Lipinski definition) is 4. The summed E-state index contributed by atoms with van der Waals surface area (Å²) in [5, 5.41) is 0. The number of anilines is 1. The van der Waals surface area contributed by atoms with Crippen LogP contribution in [0.4, 0.5) is 5.82 Å². The lowest BCUT2D eigenvalue weighted by molar-refractivity contribution is -0.130. The van der Waals surface area contributed by atoms with Gasteiger partial charge in [-0.1, -0.05) is 49.6 Å². The first kappa shape index (κ1) is 22.1. The van der Waals surface area contributed by atoms with Gasteiger partial charge in [0.05, 0.1) is 6.42 Å². The minimum atomic E-state index is 0.141. The van der Waals surface area contributed by atoms with E-state index in [0.717, 1.165) is 48.8 Å². The Morgan fingerprint density at radius 3 is 2.64 bits per heavy atom. The largest absolute Gasteiger partial charge is 0.342 e. The highest BCUT2D eigenvalue weighted by Crippen LogP contribution is 2.35. The normalized spacial score (nSPS) is 21.0. The van der Waals surface area contributed by atoms with Gasteiger partial charge in [-0.15, -0.1) is 0 Å². The summed E-state index contributed by atoms with van der Waals surface area (Å²) in [6.45, 7) is 4.21. The van der Waals surface area contributed by atoms with E-state index >= 15 is 0 Å². The molecule has 174 valence electrons. The van der Waals surface area contributed by atoms with Crippen LogP contribution in [-0.2, 0) is 22.4 Å². The third kappa shape index (κ3) is 4.80. The molecule has 2 aromatic rings. The van der Waals surface area contributed by atoms with Crippen LogP contribution in [0.2, 0.25) is 0 Å². The number of amides is 2. The molecule has 6 heteroatoms. The Labute approximate surface area is 196 Å². The Hall–Kier alpha value is -2.76. The maximum Gasteiger partial charge on any atom is 0.232 e. The summed E-state index contributed by atoms with van der Waals surface area (Å²) in [6.07, 6.45) is 8.87. The quantitative estimate of drug-likeness (QED) is 0.667. The number of likely N-dealkylation sites (tertiary alicyclic amines) is 1. The van der Waals surface area contributed by atoms with Crippen molar-refractivity contribution in [3.63, 3.8) is 0 Å². The van der Waals surface area contributed by atoms with Crippen LogP contribution < -0.4 is 4.90 Å². The number of aryl methyl sites for hydroxylation is 2. The van der Waals surface area contributed by atoms with Gasteiger partial charge in [-0.2, -0.15) is 0 Å². The van der Waals surface area contributed by atoms with E-state index in [-0.39, 0.29) is 17.7 Å². The van der Waals surface area contributed by atoms with Crippen molar-refractivity contribution in [1.29, 1.82) is 0 Å². The van der Waals surface area contributed by atoms with Crippen LogP contribution in [0.15, 0.2) is 30.3 Å². The second-order valence-corrected chi connectivity index (χ2v) is 9.97. The maximum absolute atomic E-state index is 12.8. The summed E-state index contributed by atoms with van der Waals surface area (Å²) in [6, 6.07) is 10.2. The van der Waals surface area contributed by atoms with Crippen LogP contribution in [0.5, 0.6) is 0 Å². The molecule has 0 radical (unpaired) electrons. The van der Waals surface area contributed by atoms with E-state index < -0.39 is 0 Å². The van der Waals surface area contributed by atoms with Crippen LogP contribution in [0, 0.1) is 12.8 Å². The Bertz CT molecular complexity index is 1020. The summed E-state index contributed by atoms with van der Waals surface area (Å²) >= 11 is 0. The van der Waals surface area contributed by atoms with Crippen molar-refractivity contribution >= 4 is 17.6 Å². The molecule has 1 atom stereocenters. The zero-order chi connectivity index (χ0) is 22.8. The second kappa shape index (κ2) is 9.62. The van der Waals surface area contributed by atoms with Crippen LogP contribution in [0.3, 0.4) is 0 Å². The van der Waals surface area contributed by atoms with E-state index in [9.17, 15) is 9.59 Å². The van der Waals surface area contributed by atoms with Crippen molar-refractivity contribution in [1.82, 2.24) is 14.9 Å². The molecule has 1 aromatic heterocycles. The number of aromatic nitrogens is 2. The maximum atomic E-state index is 12.8. The van der Waals surface area contributed by atoms with E-state index in [0.29, 0.717) is 25.3 Å². The van der Waals surface area contributed by atoms with E-state index in [1.54, 1.807) is 0 Å². The van der Waals surface area contributed by atoms with Gasteiger partial charge >= 0.3 is 0 Å². The van der Waals surface area contributed by atoms with E-state index in [1.165, 1.54) is 37.7 Å². The molecule has 2 aliphatic heterocycles. The highest BCUT2D eigenvalue weighted by Gasteiger charge is 2.35. The fourth-order valence-electron chi connectivity index (χ4n) is 5.65. The Morgan fingerprint density at radius 2 is 1.85 bits per heavy atom. The van der Waals surface area contributed by atoms with Crippen molar-refractivity contribution in [2.45, 2.75) is 70.6 Å². The molecule has 6 nitrogen and oxygen atoms in total. The number of benzene rings is 1. The number of carbonyl (C=O) groups excluding carboxylic acids is 2. The van der Waals surface area contributed by atoms with Crippen molar-refractivity contribution in [3.8, 4) is 0 Å². The van der Waals surface area contributed by atoms with E-state index in [1.807, 2.05) is 34.9 Å². The van der Waals surface area contributed by atoms with E-state index in [4.69, 9.17) is 9.97 Å². The predicted octanol–water partition coefficient (Wildman–Crippen LogP) is 4.20. The fourth-order valence-corrected chi connectivity index (χ4v) is 5.65. The summed E-state index contributed by atoms with van der Waals surface area (Å²) in [7, 11) is 0. The number of rotatable bonds is 6. The summed E-state index contributed by atoms with van der Waals surface area (Å²) < 4.78 is 0. The monoisotopic (exact) mass is 446 g/mol. The van der Waals surface area contributed by atoms with E-state index in [2.05, 4.69) is 12.1 Å². The lowest BCUT2D eigenvalue weighted by Gasteiger charge is -2.27. The van der Waals surface area contributed by atoms with Crippen LogP contribution >= 0.6 is 0 Å². The third-order valence-corrected chi connectivity index (χ3v) is 7.64. The van der Waals surface area contributed by atoms with Gasteiger partial charge in [-0.3, -0.25) is 14.5 Å². The van der Waals surface area contributed by atoms with Gasteiger partial charge in [-0.05, 0) is 44.1 Å². The van der Waals surface area contributed by atoms with Gasteiger partial charge in [0.15, 0.2) is 0 Å². The third-order valence-electron chi connectivity index (χ3n) is 7.64. The van der Waals surface area contributed by atoms with Crippen molar-refractivity contribution < 1.29 is 9.59 Å². The number of hydrogen-bond donors (Lipinski definition) is 0. The van der Waals surface area contributed by atoms with Gasteiger partial charge in [0.25, 0.3) is 0 Å². The minimum Gasteiger partial charge on any atom is -0.342 e. The van der Waals surface area contributed by atoms with Gasteiger partial charge in [0.1, 0.15) is 11.6 Å². The van der Waals surface area contributed by atoms with Crippen LogP contribution in [0.1, 0.15) is 73.5 Å². The molecule has 1 saturated carbocycles. The second-order valence-electron chi connectivity index (χ2n) is 9.97. The zero-order valence-corrected chi connectivity index (χ0v) is 19.6. The molecule has 0 spiro atoms. The van der Waals surface area contributed by atoms with Gasteiger partial charge in [0.2, 0.25) is 11.8 Å². The summed E-state index contributed by atoms with van der Waals surface area (Å²) in [5.74, 6) is 2.72. The molecule has 5 rings (SSSR count). The molecule has 0 unspecified atom stereocenters. The molecule has 1 aliphatic carbocycles. The Kier molecular flexibility index (Phi) is 6.43. The zero-order valence-electron chi connectivity index (χ0n) is 19.6. The molecule has 3 aliphatic rings. The number of carbonyl (C=O) groups is 2. The standard InChI is InChI=1S/C27H34N4O2/c1-19-23-16-25(33)31(17-21-10-6-3-7-11-21)27(23)29-26(28-19)22-14-15-30(18-22)24(32)13-12-20-8-4-2-5-9-20/h2,4-5,8-9,21-22H,3,6-7,10-18H2,1H3/t22-/m1/s1. The Morgan fingerprint density at radius 1 is 1.06 bits per heavy atom. The molecule has 1 saturated heterocycles. The molecular formula is C27H34N4O2.